The summed E-state index contributed by atoms with van der Waals surface area (Å²) in [5.41, 5.74) is 4.51. The van der Waals surface area contributed by atoms with Gasteiger partial charge in [0.2, 0.25) is 0 Å². The number of ether oxygens (including phenoxy) is 1. The normalized spacial score (nSPS) is 31.3. The highest BCUT2D eigenvalue weighted by molar-refractivity contribution is 5.91. The van der Waals surface area contributed by atoms with E-state index in [9.17, 15) is 20.1 Å². The summed E-state index contributed by atoms with van der Waals surface area (Å²) in [5.74, 6) is -0.387. The van der Waals surface area contributed by atoms with Gasteiger partial charge in [-0.15, -0.1) is 0 Å². The van der Waals surface area contributed by atoms with Crippen molar-refractivity contribution in [2.45, 2.75) is 71.8 Å². The number of pyridine rings is 1. The molecule has 7 nitrogen and oxygen atoms in total. The standard InChI is InChI=1S/C31H35NO5.C5H9N/c1-30-11-9-21(37-29(36)19-14-26(33)28(35)27(34)15-19)16-20(30)5-6-22-24-8-7-23(18-4-3-13-32-17-18)31(24,2)12-10-25(22)30;1-3-4-5-6-2/h3-5,7,13-15,17,21-22,24-25,33-35H,6,8-12,16H2,1-2H3;3-5H,1-2H3/b;4-3-,6-5?. The minimum absolute atomic E-state index is 0.0311. The Morgan fingerprint density at radius 2 is 1.79 bits per heavy atom. The number of rotatable bonds is 4. The maximum absolute atomic E-state index is 12.7. The molecule has 0 radical (unpaired) electrons. The molecule has 4 aliphatic carbocycles. The molecule has 4 aliphatic rings. The molecule has 0 aliphatic heterocycles. The van der Waals surface area contributed by atoms with Crippen molar-refractivity contribution in [3.63, 3.8) is 0 Å². The van der Waals surface area contributed by atoms with Gasteiger partial charge in [-0.2, -0.15) is 0 Å². The third kappa shape index (κ3) is 5.74. The molecule has 2 saturated carbocycles. The number of aromatic hydroxyl groups is 3. The minimum Gasteiger partial charge on any atom is -0.504 e. The van der Waals surface area contributed by atoms with E-state index >= 15 is 0 Å². The van der Waals surface area contributed by atoms with E-state index < -0.39 is 23.2 Å². The Bertz CT molecular complexity index is 1430. The molecule has 1 aromatic heterocycles. The fourth-order valence-electron chi connectivity index (χ4n) is 8.38. The number of aliphatic imine (C=N–C) groups is 1. The largest absolute Gasteiger partial charge is 0.504 e. The molecule has 6 atom stereocenters. The van der Waals surface area contributed by atoms with Crippen LogP contribution in [-0.4, -0.2) is 45.6 Å². The van der Waals surface area contributed by atoms with Crippen molar-refractivity contribution in [1.29, 1.82) is 0 Å². The van der Waals surface area contributed by atoms with Crippen LogP contribution in [0.25, 0.3) is 5.57 Å². The van der Waals surface area contributed by atoms with Crippen LogP contribution in [-0.2, 0) is 4.74 Å². The number of allylic oxidation sites excluding steroid dienone is 5. The quantitative estimate of drug-likeness (QED) is 0.147. The summed E-state index contributed by atoms with van der Waals surface area (Å²) in [7, 11) is 1.75. The van der Waals surface area contributed by atoms with Crippen molar-refractivity contribution in [2.24, 2.45) is 33.6 Å². The number of fused-ring (bicyclic) bond motifs is 5. The molecular formula is C36H44N2O5. The molecular weight excluding hydrogens is 540 g/mol. The van der Waals surface area contributed by atoms with Gasteiger partial charge in [-0.25, -0.2) is 4.79 Å². The average Bonchev–Trinajstić information content (AvgIpc) is 3.36. The molecule has 0 spiro atoms. The topological polar surface area (TPSA) is 112 Å². The van der Waals surface area contributed by atoms with E-state index in [2.05, 4.69) is 42.0 Å². The fourth-order valence-corrected chi connectivity index (χ4v) is 8.38. The summed E-state index contributed by atoms with van der Waals surface area (Å²) in [6.07, 6.45) is 21.2. The van der Waals surface area contributed by atoms with Crippen molar-refractivity contribution in [3.8, 4) is 17.2 Å². The zero-order chi connectivity index (χ0) is 30.8. The lowest BCUT2D eigenvalue weighted by Gasteiger charge is -2.57. The van der Waals surface area contributed by atoms with E-state index in [1.54, 1.807) is 13.3 Å². The first-order valence-corrected chi connectivity index (χ1v) is 15.4. The number of carbonyl (C=O) groups is 1. The molecule has 2 fully saturated rings. The number of esters is 1. The lowest BCUT2D eigenvalue weighted by Crippen LogP contribution is -2.50. The zero-order valence-electron chi connectivity index (χ0n) is 25.7. The second kappa shape index (κ2) is 12.4. The maximum Gasteiger partial charge on any atom is 0.338 e. The Kier molecular flexibility index (Phi) is 8.81. The van der Waals surface area contributed by atoms with Gasteiger partial charge in [0.1, 0.15) is 6.10 Å². The lowest BCUT2D eigenvalue weighted by molar-refractivity contribution is -0.0307. The van der Waals surface area contributed by atoms with E-state index in [4.69, 9.17) is 4.74 Å². The van der Waals surface area contributed by atoms with Crippen LogP contribution < -0.4 is 0 Å². The van der Waals surface area contributed by atoms with Gasteiger partial charge in [0.15, 0.2) is 17.2 Å². The molecule has 6 rings (SSSR count). The Morgan fingerprint density at radius 1 is 1.05 bits per heavy atom. The van der Waals surface area contributed by atoms with Crippen LogP contribution in [0, 0.1) is 28.6 Å². The van der Waals surface area contributed by atoms with E-state index in [1.165, 1.54) is 29.6 Å². The van der Waals surface area contributed by atoms with E-state index in [1.807, 2.05) is 37.5 Å². The smallest absolute Gasteiger partial charge is 0.338 e. The molecule has 2 aromatic rings. The summed E-state index contributed by atoms with van der Waals surface area (Å²) in [6, 6.07) is 6.49. The van der Waals surface area contributed by atoms with Gasteiger partial charge in [0.05, 0.1) is 5.56 Å². The van der Waals surface area contributed by atoms with Gasteiger partial charge in [-0.05, 0) is 109 Å². The number of carbonyl (C=O) groups excluding carboxylic acids is 1. The SMILES string of the molecule is C/C=C\C=NC.CC12CCC(OC(=O)c3cc(O)c(O)c(O)c3)CC1=CCC1C2CCC2(C)C(c3cccnc3)=CCC12. The molecule has 43 heavy (non-hydrogen) atoms. The number of hydrogen-bond donors (Lipinski definition) is 3. The number of phenols is 3. The fraction of sp³-hybridized carbons (Fsp3) is 0.472. The third-order valence-electron chi connectivity index (χ3n) is 10.6. The highest BCUT2D eigenvalue weighted by Gasteiger charge is 2.57. The van der Waals surface area contributed by atoms with Crippen LogP contribution in [0.3, 0.4) is 0 Å². The highest BCUT2D eigenvalue weighted by Crippen LogP contribution is 2.66. The van der Waals surface area contributed by atoms with Crippen molar-refractivity contribution in [2.75, 3.05) is 7.05 Å². The van der Waals surface area contributed by atoms with Crippen LogP contribution in [0.4, 0.5) is 0 Å². The van der Waals surface area contributed by atoms with Gasteiger partial charge < -0.3 is 20.1 Å². The van der Waals surface area contributed by atoms with Gasteiger partial charge in [0, 0.05) is 32.1 Å². The Balaban J connectivity index is 0.000000559. The van der Waals surface area contributed by atoms with Crippen LogP contribution in [0.2, 0.25) is 0 Å². The molecule has 0 bridgehead atoms. The van der Waals surface area contributed by atoms with E-state index in [0.717, 1.165) is 44.2 Å². The Labute approximate surface area is 254 Å². The summed E-state index contributed by atoms with van der Waals surface area (Å²) >= 11 is 0. The maximum atomic E-state index is 12.7. The number of phenolic OH excluding ortho intramolecular Hbond substituents is 3. The average molecular weight is 585 g/mol. The van der Waals surface area contributed by atoms with Gasteiger partial charge in [-0.3, -0.25) is 9.98 Å². The van der Waals surface area contributed by atoms with E-state index in [0.29, 0.717) is 17.8 Å². The highest BCUT2D eigenvalue weighted by atomic mass is 16.5. The van der Waals surface area contributed by atoms with Crippen LogP contribution >= 0.6 is 0 Å². The number of aromatic nitrogens is 1. The monoisotopic (exact) mass is 584 g/mol. The van der Waals surface area contributed by atoms with Gasteiger partial charge in [-0.1, -0.05) is 43.7 Å². The van der Waals surface area contributed by atoms with Crippen molar-refractivity contribution in [1.82, 2.24) is 4.98 Å². The first-order chi connectivity index (χ1) is 20.6. The van der Waals surface area contributed by atoms with Crippen LogP contribution in [0.1, 0.15) is 81.6 Å². The molecule has 1 aromatic carbocycles. The Morgan fingerprint density at radius 3 is 2.44 bits per heavy atom. The molecule has 6 unspecified atom stereocenters. The molecule has 0 amide bonds. The van der Waals surface area contributed by atoms with Crippen LogP contribution in [0.5, 0.6) is 17.2 Å². The number of nitrogens with zero attached hydrogens (tertiary/aromatic N) is 2. The zero-order valence-corrected chi connectivity index (χ0v) is 25.7. The third-order valence-corrected chi connectivity index (χ3v) is 10.6. The summed E-state index contributed by atoms with van der Waals surface area (Å²) in [4.78, 5) is 20.8. The first-order valence-electron chi connectivity index (χ1n) is 15.4. The van der Waals surface area contributed by atoms with Crippen molar-refractivity contribution < 1.29 is 24.9 Å². The van der Waals surface area contributed by atoms with Gasteiger partial charge in [0.25, 0.3) is 0 Å². The molecule has 7 heteroatoms. The predicted octanol–water partition coefficient (Wildman–Crippen LogP) is 7.64. The molecule has 228 valence electrons. The van der Waals surface area contributed by atoms with Crippen molar-refractivity contribution in [3.05, 3.63) is 77.7 Å². The molecule has 1 heterocycles. The second-order valence-electron chi connectivity index (χ2n) is 12.9. The Hall–Kier alpha value is -3.87. The predicted molar refractivity (Wildman–Crippen MR) is 169 cm³/mol. The minimum atomic E-state index is -0.638. The van der Waals surface area contributed by atoms with Crippen LogP contribution in [0.15, 0.2) is 71.5 Å². The molecule has 3 N–H and O–H groups in total. The summed E-state index contributed by atoms with van der Waals surface area (Å²) in [6.45, 7) is 6.86. The molecule has 0 saturated heterocycles. The lowest BCUT2D eigenvalue weighted by atomic mass is 9.47. The summed E-state index contributed by atoms with van der Waals surface area (Å²) in [5, 5.41) is 29.1. The second-order valence-corrected chi connectivity index (χ2v) is 12.9. The number of hydrogen-bond acceptors (Lipinski definition) is 7. The first kappa shape index (κ1) is 30.6. The van der Waals surface area contributed by atoms with Crippen molar-refractivity contribution >= 4 is 17.8 Å². The van der Waals surface area contributed by atoms with E-state index in [-0.39, 0.29) is 22.5 Å². The van der Waals surface area contributed by atoms with Gasteiger partial charge >= 0.3 is 5.97 Å². The summed E-state index contributed by atoms with van der Waals surface area (Å²) < 4.78 is 5.81. The number of benzene rings is 1.